The number of hydrogen-bond donors (Lipinski definition) is 7. The molecule has 5 aromatic rings. The molecule has 0 radical (unpaired) electrons. The van der Waals surface area contributed by atoms with Gasteiger partial charge in [-0.1, -0.05) is 103 Å². The first-order chi connectivity index (χ1) is 37.2. The van der Waals surface area contributed by atoms with Gasteiger partial charge in [0.25, 0.3) is 5.91 Å². The van der Waals surface area contributed by atoms with E-state index in [9.17, 15) is 43.8 Å². The number of carboxylic acid groups (broad SMARTS) is 1. The Bertz CT molecular complexity index is 3020. The number of esters is 1. The number of carboxylic acids is 1. The van der Waals surface area contributed by atoms with Crippen LogP contribution in [0.15, 0.2) is 132 Å². The molecule has 0 aromatic heterocycles. The van der Waals surface area contributed by atoms with E-state index in [1.807, 2.05) is 84.9 Å². The first-order valence-corrected chi connectivity index (χ1v) is 25.2. The summed E-state index contributed by atoms with van der Waals surface area (Å²) in [6, 6.07) is 29.7. The van der Waals surface area contributed by atoms with Crippen molar-refractivity contribution in [1.82, 2.24) is 31.1 Å². The average Bonchev–Trinajstić information content (AvgIpc) is 4.07. The highest BCUT2D eigenvalue weighted by molar-refractivity contribution is 5.95. The number of rotatable bonds is 21. The summed E-state index contributed by atoms with van der Waals surface area (Å²) in [5, 5.41) is 37.1. The van der Waals surface area contributed by atoms with E-state index in [2.05, 4.69) is 26.4 Å². The van der Waals surface area contributed by atoms with Gasteiger partial charge in [0, 0.05) is 44.6 Å². The molecule has 7 rings (SSSR count). The van der Waals surface area contributed by atoms with Gasteiger partial charge in [0.1, 0.15) is 54.4 Å². The monoisotopic (exact) mass is 1070 g/mol. The minimum Gasteiger partial charge on any atom is -0.487 e. The van der Waals surface area contributed by atoms with Crippen molar-refractivity contribution >= 4 is 52.6 Å². The second-order valence-corrected chi connectivity index (χ2v) is 20.0. The molecular formula is C57H64N8O13. The highest BCUT2D eigenvalue weighted by Gasteiger charge is 2.43. The highest BCUT2D eigenvalue weighted by atomic mass is 16.6. The molecule has 1 heterocycles. The van der Waals surface area contributed by atoms with Crippen molar-refractivity contribution in [3.05, 3.63) is 149 Å². The molecule has 410 valence electrons. The average molecular weight is 1070 g/mol. The van der Waals surface area contributed by atoms with Crippen molar-refractivity contribution in [2.45, 2.75) is 94.9 Å². The summed E-state index contributed by atoms with van der Waals surface area (Å²) in [5.74, 6) is -4.66. The quantitative estimate of drug-likeness (QED) is 0.0199. The molecule has 6 atom stereocenters. The predicted octanol–water partition coefficient (Wildman–Crippen LogP) is 5.77. The number of ether oxygens (including phenoxy) is 4. The molecule has 1 fully saturated rings. The van der Waals surface area contributed by atoms with Gasteiger partial charge < -0.3 is 55.3 Å². The first kappa shape index (κ1) is 56.9. The van der Waals surface area contributed by atoms with Gasteiger partial charge in [-0.25, -0.2) is 24.7 Å². The van der Waals surface area contributed by atoms with Crippen LogP contribution in [0.4, 0.5) is 9.59 Å². The van der Waals surface area contributed by atoms with Gasteiger partial charge in [0.15, 0.2) is 0 Å². The number of hydrogen-bond acceptors (Lipinski definition) is 15. The van der Waals surface area contributed by atoms with Crippen molar-refractivity contribution in [3.63, 3.8) is 0 Å². The minimum absolute atomic E-state index is 0.0549. The Kier molecular flexibility index (Phi) is 18.5. The zero-order valence-corrected chi connectivity index (χ0v) is 44.1. The molecule has 78 heavy (non-hydrogen) atoms. The standard InChI is InChI=1S/C57H64N8O13/c1-33(64(5)56(74)78-57(2,3)4)49(66)62-51(68)52(69)65-30-38(28-48(65)50(67)60-46(53(70)71)27-35-19-22-36-13-7-8-14-37(36)25-35)59-29-39(63-58)31-76-40-23-20-34(21-24-40)26-47(54(72)75-6)61-55(73)77-32-45-43-17-11-9-15-41(43)42-16-10-12-18-44(42)45/h7-25,29,33,38,45-48,51,58-59,68H,26-28,30-32H2,1-6H3,(H,60,67)(H,61,73)(H,62,66)(H,70,71)/b39-29-,63-58?/t33-,38-,46-,47-,48-,51-/m0/s1. The largest absolute Gasteiger partial charge is 0.487 e. The fourth-order valence-corrected chi connectivity index (χ4v) is 9.21. The number of amides is 5. The van der Waals surface area contributed by atoms with Crippen molar-refractivity contribution in [1.29, 1.82) is 5.53 Å². The number of nitrogens with one attached hydrogen (secondary N) is 5. The minimum atomic E-state index is -2.19. The maximum Gasteiger partial charge on any atom is 0.410 e. The molecule has 1 aliphatic carbocycles. The molecule has 0 unspecified atom stereocenters. The lowest BCUT2D eigenvalue weighted by Gasteiger charge is -2.30. The number of likely N-dealkylation sites (N-methyl/N-ethyl adjacent to an activating group) is 1. The summed E-state index contributed by atoms with van der Waals surface area (Å²) in [6.45, 7) is 5.92. The van der Waals surface area contributed by atoms with Crippen LogP contribution in [0.3, 0.4) is 0 Å². The van der Waals surface area contributed by atoms with Crippen LogP contribution in [-0.4, -0.2) is 138 Å². The van der Waals surface area contributed by atoms with Crippen LogP contribution in [0.2, 0.25) is 0 Å². The Balaban J connectivity index is 0.973. The Morgan fingerprint density at radius 1 is 0.821 bits per heavy atom. The smallest absolute Gasteiger partial charge is 0.410 e. The number of aliphatic hydroxyl groups is 1. The summed E-state index contributed by atoms with van der Waals surface area (Å²) in [5.41, 5.74) is 12.6. The third-order valence-corrected chi connectivity index (χ3v) is 13.4. The number of fused-ring (bicyclic) bond motifs is 4. The molecular weight excluding hydrogens is 1000 g/mol. The Labute approximate surface area is 450 Å². The third kappa shape index (κ3) is 14.3. The van der Waals surface area contributed by atoms with Crippen molar-refractivity contribution in [2.75, 3.05) is 33.9 Å². The van der Waals surface area contributed by atoms with E-state index in [0.717, 1.165) is 42.8 Å². The predicted molar refractivity (Wildman–Crippen MR) is 285 cm³/mol. The number of benzene rings is 5. The van der Waals surface area contributed by atoms with Crippen molar-refractivity contribution in [2.24, 2.45) is 5.11 Å². The van der Waals surface area contributed by atoms with E-state index >= 15 is 0 Å². The molecule has 21 nitrogen and oxygen atoms in total. The SMILES string of the molecule is COC(=O)[C@H](Cc1ccc(OC/C(=C/N[C@H]2C[C@@H](C(=O)N[C@@H](Cc3ccc4ccccc4c3)C(=O)O)N(C(=O)[C@H](O)NC(=O)[C@H](C)N(C)C(=O)OC(C)(C)C)C2)N=N)cc1)NC(=O)OCC1c2ccccc2-c2ccccc21. The number of aliphatic hydroxyl groups excluding tert-OH is 1. The molecule has 0 bridgehead atoms. The van der Waals surface area contributed by atoms with Crippen LogP contribution in [0.25, 0.3) is 21.9 Å². The molecule has 7 N–H and O–H groups in total. The summed E-state index contributed by atoms with van der Waals surface area (Å²) in [4.78, 5) is 94.4. The Morgan fingerprint density at radius 3 is 2.06 bits per heavy atom. The summed E-state index contributed by atoms with van der Waals surface area (Å²) >= 11 is 0. The van der Waals surface area contributed by atoms with E-state index in [1.165, 1.54) is 27.3 Å². The van der Waals surface area contributed by atoms with Gasteiger partial charge >= 0.3 is 24.1 Å². The number of methoxy groups -OCH3 is 1. The van der Waals surface area contributed by atoms with Gasteiger partial charge in [0.2, 0.25) is 18.0 Å². The van der Waals surface area contributed by atoms with E-state index in [1.54, 1.807) is 51.1 Å². The van der Waals surface area contributed by atoms with Crippen LogP contribution in [0.1, 0.15) is 62.3 Å². The van der Waals surface area contributed by atoms with Crippen molar-refractivity contribution in [3.8, 4) is 16.9 Å². The Hall–Kier alpha value is -8.85. The molecule has 5 aromatic carbocycles. The number of aliphatic carboxylic acids is 1. The summed E-state index contributed by atoms with van der Waals surface area (Å²) < 4.78 is 21.9. The topological polar surface area (TPSA) is 288 Å². The lowest BCUT2D eigenvalue weighted by atomic mass is 9.98. The highest BCUT2D eigenvalue weighted by Crippen LogP contribution is 2.44. The van der Waals surface area contributed by atoms with E-state index < -0.39 is 83.9 Å². The van der Waals surface area contributed by atoms with Gasteiger partial charge in [-0.15, -0.1) is 0 Å². The van der Waals surface area contributed by atoms with E-state index in [0.29, 0.717) is 16.9 Å². The van der Waals surface area contributed by atoms with Gasteiger partial charge in [0.05, 0.1) is 7.11 Å². The van der Waals surface area contributed by atoms with Gasteiger partial charge in [-0.2, -0.15) is 5.11 Å². The summed E-state index contributed by atoms with van der Waals surface area (Å²) in [7, 11) is 2.53. The molecule has 0 spiro atoms. The molecule has 2 aliphatic rings. The van der Waals surface area contributed by atoms with Crippen LogP contribution >= 0.6 is 0 Å². The van der Waals surface area contributed by atoms with Crippen molar-refractivity contribution < 1.29 is 62.7 Å². The van der Waals surface area contributed by atoms with E-state index in [-0.39, 0.29) is 50.6 Å². The number of carbonyl (C=O) groups is 7. The fourth-order valence-electron chi connectivity index (χ4n) is 9.21. The number of likely N-dealkylation sites (tertiary alicyclic amines) is 1. The maximum absolute atomic E-state index is 14.1. The lowest BCUT2D eigenvalue weighted by molar-refractivity contribution is -0.150. The van der Waals surface area contributed by atoms with Crippen LogP contribution < -0.4 is 26.0 Å². The lowest BCUT2D eigenvalue weighted by Crippen LogP contribution is -2.57. The van der Waals surface area contributed by atoms with Gasteiger partial charge in [-0.05, 0) is 90.4 Å². The van der Waals surface area contributed by atoms with E-state index in [4.69, 9.17) is 24.5 Å². The molecule has 5 amide bonds. The van der Waals surface area contributed by atoms with Crippen LogP contribution in [0.5, 0.6) is 5.75 Å². The molecule has 1 aliphatic heterocycles. The second-order valence-electron chi connectivity index (χ2n) is 20.0. The first-order valence-electron chi connectivity index (χ1n) is 25.2. The Morgan fingerprint density at radius 2 is 1.44 bits per heavy atom. The second kappa shape index (κ2) is 25.3. The third-order valence-electron chi connectivity index (χ3n) is 13.4. The number of nitrogens with zero attached hydrogens (tertiary/aromatic N) is 3. The van der Waals surface area contributed by atoms with Crippen LogP contribution in [0, 0.1) is 5.53 Å². The fraction of sp³-hybridized carbons (Fsp3) is 0.351. The molecule has 1 saturated heterocycles. The summed E-state index contributed by atoms with van der Waals surface area (Å²) in [6.07, 6.45) is -2.58. The molecule has 21 heteroatoms. The number of alkyl carbamates (subject to hydrolysis) is 1. The van der Waals surface area contributed by atoms with Crippen LogP contribution in [-0.2, 0) is 51.0 Å². The normalized spacial score (nSPS) is 16.5. The zero-order chi connectivity index (χ0) is 56.3. The number of carbonyl (C=O) groups excluding carboxylic acids is 6. The van der Waals surface area contributed by atoms with Gasteiger partial charge in [-0.3, -0.25) is 19.3 Å². The maximum atomic E-state index is 14.1. The zero-order valence-electron chi connectivity index (χ0n) is 44.1. The molecule has 0 saturated carbocycles.